The minimum absolute atomic E-state index is 0.471. The summed E-state index contributed by atoms with van der Waals surface area (Å²) in [5.74, 6) is 1.65. The molecule has 0 radical (unpaired) electrons. The first-order chi connectivity index (χ1) is 21.3. The van der Waals surface area contributed by atoms with Crippen LogP contribution in [0.15, 0.2) is 97.1 Å². The summed E-state index contributed by atoms with van der Waals surface area (Å²) >= 11 is 0. The van der Waals surface area contributed by atoms with Gasteiger partial charge in [0.15, 0.2) is 0 Å². The van der Waals surface area contributed by atoms with Crippen molar-refractivity contribution in [1.29, 1.82) is 0 Å². The number of hydrogen-bond donors (Lipinski definition) is 0. The van der Waals surface area contributed by atoms with E-state index in [1.807, 2.05) is 13.8 Å². The normalized spacial score (nSPS) is 13.0. The van der Waals surface area contributed by atoms with E-state index >= 15 is 0 Å². The van der Waals surface area contributed by atoms with E-state index in [2.05, 4.69) is 97.1 Å². The van der Waals surface area contributed by atoms with E-state index < -0.39 is 5.41 Å². The lowest BCUT2D eigenvalue weighted by molar-refractivity contribution is 0.0114. The molecular weight excluding hydrogens is 540 g/mol. The molecule has 0 spiro atoms. The summed E-state index contributed by atoms with van der Waals surface area (Å²) in [5, 5.41) is 0. The van der Waals surface area contributed by atoms with Gasteiger partial charge in [-0.3, -0.25) is 0 Å². The lowest BCUT2D eigenvalue weighted by Crippen LogP contribution is -2.28. The second kappa shape index (κ2) is 15.7. The van der Waals surface area contributed by atoms with E-state index in [1.165, 1.54) is 33.4 Å². The van der Waals surface area contributed by atoms with Gasteiger partial charge in [0.2, 0.25) is 0 Å². The van der Waals surface area contributed by atoms with Crippen molar-refractivity contribution in [3.8, 4) is 22.6 Å². The maximum atomic E-state index is 6.02. The van der Waals surface area contributed by atoms with Crippen molar-refractivity contribution in [2.45, 2.75) is 19.3 Å². The van der Waals surface area contributed by atoms with Crippen LogP contribution in [-0.2, 0) is 24.4 Å². The van der Waals surface area contributed by atoms with E-state index in [-0.39, 0.29) is 0 Å². The summed E-state index contributed by atoms with van der Waals surface area (Å²) < 4.78 is 33.8. The zero-order valence-electron chi connectivity index (χ0n) is 25.3. The highest BCUT2D eigenvalue weighted by molar-refractivity contribution is 5.86. The van der Waals surface area contributed by atoms with Gasteiger partial charge in [-0.05, 0) is 71.5 Å². The first-order valence-corrected chi connectivity index (χ1v) is 15.3. The van der Waals surface area contributed by atoms with Gasteiger partial charge in [-0.2, -0.15) is 0 Å². The van der Waals surface area contributed by atoms with Crippen molar-refractivity contribution >= 4 is 0 Å². The third kappa shape index (κ3) is 7.11. The minimum atomic E-state index is -0.471. The van der Waals surface area contributed by atoms with Crippen LogP contribution in [0.1, 0.15) is 36.1 Å². The fourth-order valence-corrected chi connectivity index (χ4v) is 5.79. The summed E-state index contributed by atoms with van der Waals surface area (Å²) in [4.78, 5) is 0. The zero-order valence-corrected chi connectivity index (χ0v) is 25.3. The fraction of sp³-hybridized carbons (Fsp3) is 0.351. The van der Waals surface area contributed by atoms with Crippen LogP contribution < -0.4 is 9.47 Å². The molecule has 0 heterocycles. The van der Waals surface area contributed by atoms with E-state index in [0.717, 1.165) is 11.5 Å². The molecule has 6 heteroatoms. The highest BCUT2D eigenvalue weighted by Gasteiger charge is 2.45. The number of rotatable bonds is 18. The van der Waals surface area contributed by atoms with E-state index in [4.69, 9.17) is 28.4 Å². The third-order valence-corrected chi connectivity index (χ3v) is 7.67. The zero-order chi connectivity index (χ0) is 29.7. The molecule has 226 valence electrons. The summed E-state index contributed by atoms with van der Waals surface area (Å²) in [7, 11) is 0. The molecular formula is C37H42O6. The molecule has 0 atom stereocenters. The molecule has 4 aromatic rings. The molecule has 0 saturated heterocycles. The second-order valence-electron chi connectivity index (χ2n) is 10.2. The molecule has 43 heavy (non-hydrogen) atoms. The van der Waals surface area contributed by atoms with Crippen LogP contribution >= 0.6 is 0 Å². The SMILES string of the molecule is CCOCCOCCOCCOc1ccc(C2(c3ccc(OCCOCC)cc3)c3ccccc3-c3ccccc32)cc1. The molecule has 0 saturated carbocycles. The highest BCUT2D eigenvalue weighted by atomic mass is 16.6. The van der Waals surface area contributed by atoms with Crippen LogP contribution in [0, 0.1) is 0 Å². The van der Waals surface area contributed by atoms with Crippen LogP contribution in [0.3, 0.4) is 0 Å². The quantitative estimate of drug-likeness (QED) is 0.105. The molecule has 1 aliphatic carbocycles. The molecule has 0 amide bonds. The predicted octanol–water partition coefficient (Wildman–Crippen LogP) is 6.91. The van der Waals surface area contributed by atoms with Crippen LogP contribution in [0.5, 0.6) is 11.5 Å². The van der Waals surface area contributed by atoms with Crippen LogP contribution in [0.2, 0.25) is 0 Å². The average molecular weight is 583 g/mol. The van der Waals surface area contributed by atoms with Crippen molar-refractivity contribution in [2.75, 3.05) is 66.1 Å². The van der Waals surface area contributed by atoms with Crippen molar-refractivity contribution in [3.63, 3.8) is 0 Å². The fourth-order valence-electron chi connectivity index (χ4n) is 5.79. The van der Waals surface area contributed by atoms with Gasteiger partial charge < -0.3 is 28.4 Å². The minimum Gasteiger partial charge on any atom is -0.491 e. The predicted molar refractivity (Wildman–Crippen MR) is 169 cm³/mol. The monoisotopic (exact) mass is 582 g/mol. The van der Waals surface area contributed by atoms with Crippen LogP contribution in [0.25, 0.3) is 11.1 Å². The summed E-state index contributed by atoms with van der Waals surface area (Å²) in [6, 6.07) is 34.5. The molecule has 6 nitrogen and oxygen atoms in total. The molecule has 5 rings (SSSR count). The highest BCUT2D eigenvalue weighted by Crippen LogP contribution is 2.56. The maximum absolute atomic E-state index is 6.02. The number of hydrogen-bond acceptors (Lipinski definition) is 6. The smallest absolute Gasteiger partial charge is 0.119 e. The Balaban J connectivity index is 1.34. The lowest BCUT2D eigenvalue weighted by Gasteiger charge is -2.34. The largest absolute Gasteiger partial charge is 0.491 e. The van der Waals surface area contributed by atoms with E-state index in [0.29, 0.717) is 66.1 Å². The third-order valence-electron chi connectivity index (χ3n) is 7.67. The number of ether oxygens (including phenoxy) is 6. The van der Waals surface area contributed by atoms with Crippen molar-refractivity contribution in [2.24, 2.45) is 0 Å². The molecule has 0 fully saturated rings. The number of fused-ring (bicyclic) bond motifs is 3. The van der Waals surface area contributed by atoms with E-state index in [9.17, 15) is 0 Å². The Labute approximate surface area is 255 Å². The Kier molecular flexibility index (Phi) is 11.2. The van der Waals surface area contributed by atoms with Gasteiger partial charge in [0.05, 0.1) is 45.1 Å². The average Bonchev–Trinajstić information content (AvgIpc) is 3.36. The second-order valence-corrected chi connectivity index (χ2v) is 10.2. The van der Waals surface area contributed by atoms with Crippen molar-refractivity contribution in [3.05, 3.63) is 119 Å². The number of benzene rings is 4. The van der Waals surface area contributed by atoms with Crippen LogP contribution in [-0.4, -0.2) is 66.1 Å². The molecule has 0 aromatic heterocycles. The summed E-state index contributed by atoms with van der Waals surface area (Å²) in [5.41, 5.74) is 6.96. The molecule has 0 N–H and O–H groups in total. The lowest BCUT2D eigenvalue weighted by atomic mass is 9.68. The molecule has 0 bridgehead atoms. The van der Waals surface area contributed by atoms with Gasteiger partial charge in [-0.25, -0.2) is 0 Å². The molecule has 1 aliphatic rings. The van der Waals surface area contributed by atoms with Crippen LogP contribution in [0.4, 0.5) is 0 Å². The Morgan fingerprint density at radius 1 is 0.419 bits per heavy atom. The van der Waals surface area contributed by atoms with Gasteiger partial charge in [-0.15, -0.1) is 0 Å². The van der Waals surface area contributed by atoms with E-state index in [1.54, 1.807) is 0 Å². The Hall–Kier alpha value is -3.68. The van der Waals surface area contributed by atoms with Gasteiger partial charge in [0.1, 0.15) is 24.7 Å². The van der Waals surface area contributed by atoms with Gasteiger partial charge in [-0.1, -0.05) is 72.8 Å². The van der Waals surface area contributed by atoms with Gasteiger partial charge in [0, 0.05) is 13.2 Å². The first kappa shape index (κ1) is 30.8. The first-order valence-electron chi connectivity index (χ1n) is 15.3. The Morgan fingerprint density at radius 3 is 1.23 bits per heavy atom. The van der Waals surface area contributed by atoms with Gasteiger partial charge in [0.25, 0.3) is 0 Å². The molecule has 0 aliphatic heterocycles. The van der Waals surface area contributed by atoms with Gasteiger partial charge >= 0.3 is 0 Å². The van der Waals surface area contributed by atoms with Crippen molar-refractivity contribution < 1.29 is 28.4 Å². The Morgan fingerprint density at radius 2 is 0.791 bits per heavy atom. The topological polar surface area (TPSA) is 55.4 Å². The van der Waals surface area contributed by atoms with Crippen molar-refractivity contribution in [1.82, 2.24) is 0 Å². The standard InChI is InChI=1S/C37H42O6/c1-3-38-21-22-40-23-24-41-26-28-43-32-19-15-30(16-20-32)37(29-13-17-31(18-14-29)42-27-25-39-4-2)35-11-7-5-9-33(35)34-10-6-8-12-36(34)37/h5-20H,3-4,21-28H2,1-2H3. The molecule has 0 unspecified atom stereocenters. The maximum Gasteiger partial charge on any atom is 0.119 e. The summed E-state index contributed by atoms with van der Waals surface area (Å²) in [6.45, 7) is 9.72. The molecule has 4 aromatic carbocycles. The summed E-state index contributed by atoms with van der Waals surface area (Å²) in [6.07, 6.45) is 0. The Bertz CT molecular complexity index is 1350.